The minimum absolute atomic E-state index is 0.177. The molecule has 0 bridgehead atoms. The SMILES string of the molecule is CCOC(=O)CCCNC(C)(C)C#N. The Kier molecular flexibility index (Phi) is 5.89. The molecule has 0 rings (SSSR count). The first-order valence-corrected chi connectivity index (χ1v) is 4.83. The number of carbonyl (C=O) groups excluding carboxylic acids is 1. The Morgan fingerprint density at radius 2 is 2.21 bits per heavy atom. The van der Waals surface area contributed by atoms with E-state index >= 15 is 0 Å². The first kappa shape index (κ1) is 12.9. The van der Waals surface area contributed by atoms with Crippen LogP contribution in [0.5, 0.6) is 0 Å². The molecule has 14 heavy (non-hydrogen) atoms. The number of hydrogen-bond donors (Lipinski definition) is 1. The maximum absolute atomic E-state index is 10.9. The number of nitrogens with zero attached hydrogens (tertiary/aromatic N) is 1. The molecule has 0 atom stereocenters. The molecule has 0 unspecified atom stereocenters. The fraction of sp³-hybridized carbons (Fsp3) is 0.800. The maximum Gasteiger partial charge on any atom is 0.305 e. The third-order valence-corrected chi connectivity index (χ3v) is 1.71. The van der Waals surface area contributed by atoms with Crippen LogP contribution in [0, 0.1) is 11.3 Å². The zero-order chi connectivity index (χ0) is 11.0. The minimum Gasteiger partial charge on any atom is -0.466 e. The highest BCUT2D eigenvalue weighted by Gasteiger charge is 2.14. The monoisotopic (exact) mass is 198 g/mol. The summed E-state index contributed by atoms with van der Waals surface area (Å²) in [6.45, 7) is 6.47. The second-order valence-corrected chi connectivity index (χ2v) is 3.57. The Morgan fingerprint density at radius 3 is 2.71 bits per heavy atom. The van der Waals surface area contributed by atoms with Crippen LogP contribution in [0.2, 0.25) is 0 Å². The van der Waals surface area contributed by atoms with Gasteiger partial charge in [0.05, 0.1) is 12.7 Å². The van der Waals surface area contributed by atoms with Crippen LogP contribution in [0.25, 0.3) is 0 Å². The fourth-order valence-electron chi connectivity index (χ4n) is 0.906. The van der Waals surface area contributed by atoms with Crippen molar-refractivity contribution in [1.82, 2.24) is 5.32 Å². The highest BCUT2D eigenvalue weighted by Crippen LogP contribution is 1.99. The van der Waals surface area contributed by atoms with Crippen molar-refractivity contribution in [2.24, 2.45) is 0 Å². The van der Waals surface area contributed by atoms with Crippen LogP contribution in [-0.4, -0.2) is 24.7 Å². The molecule has 0 aromatic carbocycles. The van der Waals surface area contributed by atoms with E-state index in [1.54, 1.807) is 20.8 Å². The zero-order valence-electron chi connectivity index (χ0n) is 9.09. The Bertz CT molecular complexity index is 219. The average Bonchev–Trinajstić information content (AvgIpc) is 2.13. The van der Waals surface area contributed by atoms with Crippen LogP contribution in [0.15, 0.2) is 0 Å². The van der Waals surface area contributed by atoms with E-state index in [9.17, 15) is 4.79 Å². The first-order chi connectivity index (χ1) is 6.52. The smallest absolute Gasteiger partial charge is 0.305 e. The number of nitrogens with one attached hydrogen (secondary N) is 1. The summed E-state index contributed by atoms with van der Waals surface area (Å²) in [5.41, 5.74) is -0.519. The van der Waals surface area contributed by atoms with E-state index in [1.165, 1.54) is 0 Å². The third-order valence-electron chi connectivity index (χ3n) is 1.71. The number of carbonyl (C=O) groups is 1. The molecule has 0 aromatic rings. The molecular weight excluding hydrogens is 180 g/mol. The Balaban J connectivity index is 3.48. The standard InChI is InChI=1S/C10H18N2O2/c1-4-14-9(13)6-5-7-12-10(2,3)8-11/h12H,4-7H2,1-3H3. The van der Waals surface area contributed by atoms with Crippen molar-refractivity contribution in [3.05, 3.63) is 0 Å². The number of nitriles is 1. The summed E-state index contributed by atoms with van der Waals surface area (Å²) in [6.07, 6.45) is 1.10. The molecule has 0 aliphatic heterocycles. The predicted octanol–water partition coefficient (Wildman–Crippen LogP) is 1.22. The van der Waals surface area contributed by atoms with Gasteiger partial charge in [-0.15, -0.1) is 0 Å². The summed E-state index contributed by atoms with van der Waals surface area (Å²) in [5.74, 6) is -0.177. The molecule has 0 amide bonds. The highest BCUT2D eigenvalue weighted by atomic mass is 16.5. The van der Waals surface area contributed by atoms with Crippen molar-refractivity contribution >= 4 is 5.97 Å². The number of esters is 1. The second-order valence-electron chi connectivity index (χ2n) is 3.57. The van der Waals surface area contributed by atoms with Gasteiger partial charge in [0.15, 0.2) is 0 Å². The van der Waals surface area contributed by atoms with Crippen LogP contribution in [0.3, 0.4) is 0 Å². The molecule has 0 aromatic heterocycles. The second kappa shape index (κ2) is 6.39. The van der Waals surface area contributed by atoms with Gasteiger partial charge in [0.1, 0.15) is 5.54 Å². The fourth-order valence-corrected chi connectivity index (χ4v) is 0.906. The minimum atomic E-state index is -0.519. The Morgan fingerprint density at radius 1 is 1.57 bits per heavy atom. The van der Waals surface area contributed by atoms with Crippen LogP contribution in [0.1, 0.15) is 33.6 Å². The van der Waals surface area contributed by atoms with E-state index in [1.807, 2.05) is 0 Å². The molecule has 0 radical (unpaired) electrons. The molecule has 80 valence electrons. The lowest BCUT2D eigenvalue weighted by Crippen LogP contribution is -2.38. The molecule has 0 aliphatic carbocycles. The van der Waals surface area contributed by atoms with Crippen molar-refractivity contribution < 1.29 is 9.53 Å². The van der Waals surface area contributed by atoms with Gasteiger partial charge < -0.3 is 4.74 Å². The van der Waals surface area contributed by atoms with Crippen molar-refractivity contribution in [1.29, 1.82) is 5.26 Å². The van der Waals surface area contributed by atoms with Gasteiger partial charge in [-0.25, -0.2) is 0 Å². The van der Waals surface area contributed by atoms with E-state index in [0.29, 0.717) is 26.0 Å². The van der Waals surface area contributed by atoms with E-state index in [4.69, 9.17) is 10.00 Å². The number of hydrogen-bond acceptors (Lipinski definition) is 4. The van der Waals surface area contributed by atoms with Gasteiger partial charge in [0.2, 0.25) is 0 Å². The van der Waals surface area contributed by atoms with Crippen molar-refractivity contribution in [2.75, 3.05) is 13.2 Å². The van der Waals surface area contributed by atoms with Crippen LogP contribution in [0.4, 0.5) is 0 Å². The van der Waals surface area contributed by atoms with Crippen molar-refractivity contribution in [3.63, 3.8) is 0 Å². The summed E-state index contributed by atoms with van der Waals surface area (Å²) in [5, 5.41) is 11.7. The molecule has 0 heterocycles. The maximum atomic E-state index is 10.9. The normalized spacial score (nSPS) is 10.7. The Hall–Kier alpha value is -1.08. The molecule has 0 fully saturated rings. The average molecular weight is 198 g/mol. The van der Waals surface area contributed by atoms with Gasteiger partial charge in [-0.1, -0.05) is 0 Å². The summed E-state index contributed by atoms with van der Waals surface area (Å²) in [6, 6.07) is 2.13. The van der Waals surface area contributed by atoms with E-state index in [-0.39, 0.29) is 5.97 Å². The number of ether oxygens (including phenoxy) is 1. The Labute approximate surface area is 85.2 Å². The number of rotatable bonds is 6. The summed E-state index contributed by atoms with van der Waals surface area (Å²) in [4.78, 5) is 10.9. The van der Waals surface area contributed by atoms with Crippen LogP contribution >= 0.6 is 0 Å². The molecule has 1 N–H and O–H groups in total. The predicted molar refractivity (Wildman–Crippen MR) is 53.6 cm³/mol. The quantitative estimate of drug-likeness (QED) is 0.515. The van der Waals surface area contributed by atoms with Crippen LogP contribution in [-0.2, 0) is 9.53 Å². The summed E-state index contributed by atoms with van der Waals surface area (Å²) >= 11 is 0. The van der Waals surface area contributed by atoms with Gasteiger partial charge in [-0.3, -0.25) is 10.1 Å². The molecular formula is C10H18N2O2. The third kappa shape index (κ3) is 6.44. The summed E-state index contributed by atoms with van der Waals surface area (Å²) in [7, 11) is 0. The van der Waals surface area contributed by atoms with E-state index < -0.39 is 5.54 Å². The van der Waals surface area contributed by atoms with Crippen molar-refractivity contribution in [2.45, 2.75) is 39.2 Å². The highest BCUT2D eigenvalue weighted by molar-refractivity contribution is 5.69. The molecule has 0 spiro atoms. The zero-order valence-corrected chi connectivity index (χ0v) is 9.09. The van der Waals surface area contributed by atoms with E-state index in [0.717, 1.165) is 0 Å². The topological polar surface area (TPSA) is 62.1 Å². The van der Waals surface area contributed by atoms with Gasteiger partial charge in [-0.05, 0) is 33.7 Å². The lowest BCUT2D eigenvalue weighted by atomic mass is 10.1. The van der Waals surface area contributed by atoms with Crippen LogP contribution < -0.4 is 5.32 Å². The van der Waals surface area contributed by atoms with Gasteiger partial charge in [0, 0.05) is 6.42 Å². The lowest BCUT2D eigenvalue weighted by Gasteiger charge is -2.16. The van der Waals surface area contributed by atoms with Gasteiger partial charge >= 0.3 is 5.97 Å². The van der Waals surface area contributed by atoms with E-state index in [2.05, 4.69) is 11.4 Å². The first-order valence-electron chi connectivity index (χ1n) is 4.83. The van der Waals surface area contributed by atoms with Crippen molar-refractivity contribution in [3.8, 4) is 6.07 Å². The molecule has 0 saturated heterocycles. The summed E-state index contributed by atoms with van der Waals surface area (Å²) < 4.78 is 4.77. The van der Waals surface area contributed by atoms with Gasteiger partial charge in [-0.2, -0.15) is 5.26 Å². The lowest BCUT2D eigenvalue weighted by molar-refractivity contribution is -0.143. The molecule has 0 saturated carbocycles. The largest absolute Gasteiger partial charge is 0.466 e. The molecule has 4 heteroatoms. The van der Waals surface area contributed by atoms with Gasteiger partial charge in [0.25, 0.3) is 0 Å². The molecule has 4 nitrogen and oxygen atoms in total. The molecule has 0 aliphatic rings.